The van der Waals surface area contributed by atoms with Crippen molar-refractivity contribution >= 4 is 11.4 Å². The lowest BCUT2D eigenvalue weighted by molar-refractivity contribution is -0.385. The van der Waals surface area contributed by atoms with Crippen LogP contribution >= 0.6 is 0 Å². The topological polar surface area (TPSA) is 64.4 Å². The number of nitro groups is 1. The van der Waals surface area contributed by atoms with Gasteiger partial charge in [0, 0.05) is 31.5 Å². The average molecular weight is 292 g/mol. The Morgan fingerprint density at radius 2 is 1.95 bits per heavy atom. The number of hydrogen-bond donors (Lipinski definition) is 1. The maximum absolute atomic E-state index is 12.9. The molecule has 0 aliphatic carbocycles. The molecule has 1 rings (SSSR count). The minimum absolute atomic E-state index is 0.129. The third kappa shape index (κ3) is 4.09. The molecule has 0 atom stereocenters. The zero-order valence-electron chi connectivity index (χ0n) is 11.2. The fraction of sp³-hybridized carbons (Fsp3) is 0.500. The Kier molecular flexibility index (Phi) is 4.59. The van der Waals surface area contributed by atoms with Gasteiger partial charge in [-0.25, -0.2) is 0 Å². The summed E-state index contributed by atoms with van der Waals surface area (Å²) in [6.07, 6.45) is -4.68. The molecule has 1 N–H and O–H groups in total. The first kappa shape index (κ1) is 16.2. The summed E-state index contributed by atoms with van der Waals surface area (Å²) in [6, 6.07) is 2.59. The SMILES string of the molecule is COC(C)(C)CNc1ccc([N+](=O)[O-])cc1C(F)(F)F. The van der Waals surface area contributed by atoms with Gasteiger partial charge in [-0.2, -0.15) is 13.2 Å². The van der Waals surface area contributed by atoms with Gasteiger partial charge in [-0.05, 0) is 19.9 Å². The number of nitrogens with one attached hydrogen (secondary N) is 1. The van der Waals surface area contributed by atoms with E-state index in [4.69, 9.17) is 4.74 Å². The number of non-ortho nitro benzene ring substituents is 1. The van der Waals surface area contributed by atoms with Crippen LogP contribution in [0.25, 0.3) is 0 Å². The van der Waals surface area contributed by atoms with Crippen LogP contribution in [0.4, 0.5) is 24.5 Å². The Balaban J connectivity index is 3.10. The molecule has 0 unspecified atom stereocenters. The molecule has 8 heteroatoms. The zero-order chi connectivity index (χ0) is 15.6. The number of halogens is 3. The highest BCUT2D eigenvalue weighted by Gasteiger charge is 2.35. The molecule has 1 aromatic carbocycles. The number of nitrogens with zero attached hydrogens (tertiary/aromatic N) is 1. The van der Waals surface area contributed by atoms with Gasteiger partial charge in [0.25, 0.3) is 5.69 Å². The van der Waals surface area contributed by atoms with Crippen LogP contribution in [0.3, 0.4) is 0 Å². The van der Waals surface area contributed by atoms with E-state index in [1.807, 2.05) is 0 Å². The number of hydrogen-bond acceptors (Lipinski definition) is 4. The molecule has 0 bridgehead atoms. The molecule has 0 aliphatic heterocycles. The quantitative estimate of drug-likeness (QED) is 0.667. The molecule has 0 saturated carbocycles. The van der Waals surface area contributed by atoms with Crippen molar-refractivity contribution in [2.24, 2.45) is 0 Å². The third-order valence-electron chi connectivity index (χ3n) is 2.78. The molecule has 0 aliphatic rings. The lowest BCUT2D eigenvalue weighted by Crippen LogP contribution is -2.32. The minimum Gasteiger partial charge on any atom is -0.382 e. The number of rotatable bonds is 5. The van der Waals surface area contributed by atoms with Crippen molar-refractivity contribution in [3.05, 3.63) is 33.9 Å². The summed E-state index contributed by atoms with van der Waals surface area (Å²) in [5.74, 6) is 0. The van der Waals surface area contributed by atoms with Crippen LogP contribution in [0, 0.1) is 10.1 Å². The van der Waals surface area contributed by atoms with Crippen molar-refractivity contribution in [3.8, 4) is 0 Å². The van der Waals surface area contributed by atoms with Gasteiger partial charge in [0.1, 0.15) is 0 Å². The van der Waals surface area contributed by atoms with Crippen LogP contribution < -0.4 is 5.32 Å². The van der Waals surface area contributed by atoms with E-state index in [1.165, 1.54) is 7.11 Å². The molecule has 5 nitrogen and oxygen atoms in total. The van der Waals surface area contributed by atoms with E-state index in [2.05, 4.69) is 5.32 Å². The summed E-state index contributed by atoms with van der Waals surface area (Å²) in [7, 11) is 1.45. The molecular weight excluding hydrogens is 277 g/mol. The van der Waals surface area contributed by atoms with Gasteiger partial charge >= 0.3 is 6.18 Å². The highest BCUT2D eigenvalue weighted by Crippen LogP contribution is 2.37. The van der Waals surface area contributed by atoms with E-state index in [0.717, 1.165) is 12.1 Å². The second-order valence-corrected chi connectivity index (χ2v) is 4.80. The molecular formula is C12H15F3N2O3. The molecule has 0 fully saturated rings. The van der Waals surface area contributed by atoms with E-state index >= 15 is 0 Å². The van der Waals surface area contributed by atoms with Crippen LogP contribution in [0.15, 0.2) is 18.2 Å². The third-order valence-corrected chi connectivity index (χ3v) is 2.78. The number of benzene rings is 1. The number of ether oxygens (including phenoxy) is 1. The number of anilines is 1. The van der Waals surface area contributed by atoms with Gasteiger partial charge in [0.2, 0.25) is 0 Å². The molecule has 0 radical (unpaired) electrons. The van der Waals surface area contributed by atoms with E-state index in [-0.39, 0.29) is 12.2 Å². The lowest BCUT2D eigenvalue weighted by atomic mass is 10.1. The van der Waals surface area contributed by atoms with Gasteiger partial charge in [-0.1, -0.05) is 0 Å². The maximum atomic E-state index is 12.9. The van der Waals surface area contributed by atoms with Crippen molar-refractivity contribution in [3.63, 3.8) is 0 Å². The van der Waals surface area contributed by atoms with Gasteiger partial charge in [0.15, 0.2) is 0 Å². The normalized spacial score (nSPS) is 12.3. The first-order valence-electron chi connectivity index (χ1n) is 5.71. The van der Waals surface area contributed by atoms with Gasteiger partial charge in [0.05, 0.1) is 16.1 Å². The number of nitro benzene ring substituents is 1. The van der Waals surface area contributed by atoms with Crippen molar-refractivity contribution in [1.29, 1.82) is 0 Å². The lowest BCUT2D eigenvalue weighted by Gasteiger charge is -2.25. The van der Waals surface area contributed by atoms with Crippen molar-refractivity contribution in [2.75, 3.05) is 19.0 Å². The van der Waals surface area contributed by atoms with Crippen molar-refractivity contribution < 1.29 is 22.8 Å². The standard InChI is InChI=1S/C12H15F3N2O3/c1-11(2,20-3)7-16-10-5-4-8(17(18)19)6-9(10)12(13,14)15/h4-6,16H,7H2,1-3H3. The Morgan fingerprint density at radius 1 is 1.35 bits per heavy atom. The summed E-state index contributed by atoms with van der Waals surface area (Å²) in [5, 5.41) is 13.2. The Morgan fingerprint density at radius 3 is 2.40 bits per heavy atom. The highest BCUT2D eigenvalue weighted by atomic mass is 19.4. The number of methoxy groups -OCH3 is 1. The molecule has 0 spiro atoms. The Labute approximate surface area is 113 Å². The van der Waals surface area contributed by atoms with Crippen LogP contribution in [0.2, 0.25) is 0 Å². The average Bonchev–Trinajstić information content (AvgIpc) is 2.35. The fourth-order valence-electron chi connectivity index (χ4n) is 1.41. The summed E-state index contributed by atoms with van der Waals surface area (Å²) < 4.78 is 43.8. The summed E-state index contributed by atoms with van der Waals surface area (Å²) in [6.45, 7) is 3.54. The molecule has 0 saturated heterocycles. The van der Waals surface area contributed by atoms with E-state index in [9.17, 15) is 23.3 Å². The van der Waals surface area contributed by atoms with Gasteiger partial charge in [-0.15, -0.1) is 0 Å². The molecule has 20 heavy (non-hydrogen) atoms. The predicted octanol–water partition coefficient (Wildman–Crippen LogP) is 3.45. The Bertz CT molecular complexity index is 501. The maximum Gasteiger partial charge on any atom is 0.418 e. The van der Waals surface area contributed by atoms with Crippen molar-refractivity contribution in [2.45, 2.75) is 25.6 Å². The summed E-state index contributed by atoms with van der Waals surface area (Å²) in [4.78, 5) is 9.69. The molecule has 0 aromatic heterocycles. The first-order valence-corrected chi connectivity index (χ1v) is 5.71. The zero-order valence-corrected chi connectivity index (χ0v) is 11.2. The number of alkyl halides is 3. The smallest absolute Gasteiger partial charge is 0.382 e. The molecule has 1 aromatic rings. The highest BCUT2D eigenvalue weighted by molar-refractivity contribution is 5.57. The van der Waals surface area contributed by atoms with Gasteiger partial charge < -0.3 is 10.1 Å². The first-order chi connectivity index (χ1) is 9.07. The van der Waals surface area contributed by atoms with Gasteiger partial charge in [-0.3, -0.25) is 10.1 Å². The predicted molar refractivity (Wildman–Crippen MR) is 67.7 cm³/mol. The second kappa shape index (κ2) is 5.66. The second-order valence-electron chi connectivity index (χ2n) is 4.80. The fourth-order valence-corrected chi connectivity index (χ4v) is 1.41. The van der Waals surface area contributed by atoms with Crippen LogP contribution in [-0.2, 0) is 10.9 Å². The molecule has 0 heterocycles. The van der Waals surface area contributed by atoms with Crippen LogP contribution in [0.1, 0.15) is 19.4 Å². The molecule has 0 amide bonds. The summed E-state index contributed by atoms with van der Waals surface area (Å²) in [5.41, 5.74) is -2.55. The van der Waals surface area contributed by atoms with Crippen molar-refractivity contribution in [1.82, 2.24) is 0 Å². The van der Waals surface area contributed by atoms with Crippen LogP contribution in [0.5, 0.6) is 0 Å². The van der Waals surface area contributed by atoms with Crippen LogP contribution in [-0.4, -0.2) is 24.2 Å². The van der Waals surface area contributed by atoms with E-state index in [0.29, 0.717) is 6.07 Å². The van der Waals surface area contributed by atoms with E-state index < -0.39 is 28.0 Å². The summed E-state index contributed by atoms with van der Waals surface area (Å²) >= 11 is 0. The Hall–Kier alpha value is -1.83. The minimum atomic E-state index is -4.68. The largest absolute Gasteiger partial charge is 0.418 e. The molecule has 112 valence electrons. The monoisotopic (exact) mass is 292 g/mol. The van der Waals surface area contributed by atoms with E-state index in [1.54, 1.807) is 13.8 Å².